The van der Waals surface area contributed by atoms with Gasteiger partial charge >= 0.3 is 123 Å². The van der Waals surface area contributed by atoms with Crippen LogP contribution in [0.3, 0.4) is 0 Å². The van der Waals surface area contributed by atoms with Gasteiger partial charge in [0, 0.05) is 0 Å². The van der Waals surface area contributed by atoms with Crippen molar-refractivity contribution in [3.8, 4) is 0 Å². The fraction of sp³-hybridized carbons (Fsp3) is 0.250. The van der Waals surface area contributed by atoms with E-state index >= 15 is 0 Å². The summed E-state index contributed by atoms with van der Waals surface area (Å²) in [4.78, 5) is 0. The molecule has 0 saturated carbocycles. The first-order chi connectivity index (χ1) is 8.72. The Bertz CT molecular complexity index is 423. The van der Waals surface area contributed by atoms with Crippen LogP contribution in [0, 0.1) is 0 Å². The number of benzene rings is 2. The van der Waals surface area contributed by atoms with E-state index in [1.807, 2.05) is 0 Å². The fourth-order valence-electron chi connectivity index (χ4n) is 1.64. The van der Waals surface area contributed by atoms with E-state index in [0.29, 0.717) is 33.1 Å². The van der Waals surface area contributed by atoms with Crippen LogP contribution < -0.4 is 8.92 Å². The predicted molar refractivity (Wildman–Crippen MR) is 82.3 cm³/mol. The summed E-state index contributed by atoms with van der Waals surface area (Å²) >= 11 is 1.11. The van der Waals surface area contributed by atoms with Crippen LogP contribution in [0.5, 0.6) is 0 Å². The van der Waals surface area contributed by atoms with Crippen molar-refractivity contribution in [1.29, 1.82) is 0 Å². The molecule has 2 heteroatoms. The van der Waals surface area contributed by atoms with Gasteiger partial charge in [-0.2, -0.15) is 0 Å². The van der Waals surface area contributed by atoms with Crippen molar-refractivity contribution in [2.75, 3.05) is 0 Å². The summed E-state index contributed by atoms with van der Waals surface area (Å²) in [5.74, 6) is 0. The topological polar surface area (TPSA) is 0 Å². The Morgan fingerprint density at radius 2 is 1.17 bits per heavy atom. The number of hydrogen-bond acceptors (Lipinski definition) is 0. The molecule has 0 amide bonds. The molecule has 2 aromatic carbocycles. The molecule has 0 N–H and O–H groups in total. The van der Waals surface area contributed by atoms with Crippen LogP contribution in [0.1, 0.15) is 20.3 Å². The summed E-state index contributed by atoms with van der Waals surface area (Å²) in [5, 5.41) is 0. The molecule has 0 bridgehead atoms. The second-order valence-electron chi connectivity index (χ2n) is 4.32. The van der Waals surface area contributed by atoms with E-state index in [0.717, 1.165) is 0 Å². The maximum absolute atomic E-state index is 2.45. The van der Waals surface area contributed by atoms with E-state index in [4.69, 9.17) is 0 Å². The van der Waals surface area contributed by atoms with Gasteiger partial charge in [0.25, 0.3) is 0 Å². The molecular weight excluding hydrogens is 350 g/mol. The Labute approximate surface area is 123 Å². The van der Waals surface area contributed by atoms with E-state index in [1.54, 1.807) is 0 Å². The first kappa shape index (κ1) is 13.9. The minimum absolute atomic E-state index is 0.475. The molecule has 18 heavy (non-hydrogen) atoms. The summed E-state index contributed by atoms with van der Waals surface area (Å²) in [6.45, 7) is 4.78. The summed E-state index contributed by atoms with van der Waals surface area (Å²) in [7, 11) is 0. The van der Waals surface area contributed by atoms with Gasteiger partial charge in [-0.3, -0.25) is 0 Å². The molecule has 0 aliphatic heterocycles. The third-order valence-corrected chi connectivity index (χ3v) is 9.77. The third kappa shape index (κ3) is 4.00. The van der Waals surface area contributed by atoms with Crippen LogP contribution >= 0.6 is 0 Å². The molecule has 0 spiro atoms. The molecule has 2 rings (SSSR count). The molecule has 0 radical (unpaired) electrons. The SMILES string of the molecule is CCC(C)([Se]c1ccccc1)[Se]c1ccccc1. The zero-order valence-electron chi connectivity index (χ0n) is 10.8. The van der Waals surface area contributed by atoms with Gasteiger partial charge in [-0.1, -0.05) is 0 Å². The number of rotatable bonds is 5. The molecule has 0 atom stereocenters. The maximum atomic E-state index is 2.45. The molecule has 0 unspecified atom stereocenters. The molecule has 0 heterocycles. The number of hydrogen-bond donors (Lipinski definition) is 0. The van der Waals surface area contributed by atoms with Crippen molar-refractivity contribution in [3.05, 3.63) is 60.7 Å². The molecule has 0 fully saturated rings. The van der Waals surface area contributed by atoms with E-state index in [-0.39, 0.29) is 0 Å². The molecule has 0 aromatic heterocycles. The summed E-state index contributed by atoms with van der Waals surface area (Å²) < 4.78 is 3.52. The van der Waals surface area contributed by atoms with Gasteiger partial charge in [-0.05, 0) is 0 Å². The quantitative estimate of drug-likeness (QED) is 0.712. The predicted octanol–water partition coefficient (Wildman–Crippen LogP) is 2.59. The van der Waals surface area contributed by atoms with Gasteiger partial charge in [0.1, 0.15) is 0 Å². The molecular formula is C16H18Se2. The van der Waals surface area contributed by atoms with Gasteiger partial charge in [-0.25, -0.2) is 0 Å². The van der Waals surface area contributed by atoms with Crippen molar-refractivity contribution in [1.82, 2.24) is 0 Å². The Hall–Kier alpha value is -0.521. The average molecular weight is 368 g/mol. The van der Waals surface area contributed by atoms with Crippen LogP contribution in [0.4, 0.5) is 0 Å². The second-order valence-corrected chi connectivity index (χ2v) is 12.2. The first-order valence-electron chi connectivity index (χ1n) is 6.20. The van der Waals surface area contributed by atoms with Crippen LogP contribution in [0.15, 0.2) is 60.7 Å². The van der Waals surface area contributed by atoms with Crippen molar-refractivity contribution in [2.45, 2.75) is 23.5 Å². The normalized spacial score (nSPS) is 11.4. The van der Waals surface area contributed by atoms with E-state index in [2.05, 4.69) is 74.5 Å². The zero-order chi connectivity index (χ0) is 12.8. The Balaban J connectivity index is 2.11. The molecule has 0 nitrogen and oxygen atoms in total. The fourth-order valence-corrected chi connectivity index (χ4v) is 8.21. The molecule has 0 aliphatic rings. The van der Waals surface area contributed by atoms with Crippen LogP contribution in [-0.4, -0.2) is 29.9 Å². The third-order valence-electron chi connectivity index (χ3n) is 2.80. The second kappa shape index (κ2) is 6.59. The first-order valence-corrected chi connectivity index (χ1v) is 9.62. The van der Waals surface area contributed by atoms with Gasteiger partial charge < -0.3 is 0 Å². The molecule has 2 aromatic rings. The van der Waals surface area contributed by atoms with Crippen molar-refractivity contribution < 1.29 is 0 Å². The van der Waals surface area contributed by atoms with E-state index in [9.17, 15) is 0 Å². The Morgan fingerprint density at radius 1 is 0.778 bits per heavy atom. The van der Waals surface area contributed by atoms with Crippen LogP contribution in [-0.2, 0) is 0 Å². The molecule has 94 valence electrons. The Morgan fingerprint density at radius 3 is 1.50 bits per heavy atom. The monoisotopic (exact) mass is 370 g/mol. The van der Waals surface area contributed by atoms with Gasteiger partial charge in [0.05, 0.1) is 0 Å². The Kier molecular flexibility index (Phi) is 5.09. The van der Waals surface area contributed by atoms with Crippen molar-refractivity contribution in [2.24, 2.45) is 0 Å². The van der Waals surface area contributed by atoms with Gasteiger partial charge in [-0.15, -0.1) is 0 Å². The molecule has 0 aliphatic carbocycles. The van der Waals surface area contributed by atoms with Gasteiger partial charge in [0.15, 0.2) is 0 Å². The zero-order valence-corrected chi connectivity index (χ0v) is 14.2. The van der Waals surface area contributed by atoms with Gasteiger partial charge in [0.2, 0.25) is 0 Å². The molecule has 0 saturated heterocycles. The summed E-state index contributed by atoms with van der Waals surface area (Å²) in [6.07, 6.45) is 1.26. The summed E-state index contributed by atoms with van der Waals surface area (Å²) in [6, 6.07) is 21.9. The van der Waals surface area contributed by atoms with Crippen LogP contribution in [0.25, 0.3) is 0 Å². The average Bonchev–Trinajstić information content (AvgIpc) is 2.41. The van der Waals surface area contributed by atoms with Crippen molar-refractivity contribution >= 4 is 38.8 Å². The van der Waals surface area contributed by atoms with Crippen LogP contribution in [0.2, 0.25) is 3.21 Å². The summed E-state index contributed by atoms with van der Waals surface area (Å²) in [5.41, 5.74) is 0. The van der Waals surface area contributed by atoms with E-state index < -0.39 is 0 Å². The van der Waals surface area contributed by atoms with E-state index in [1.165, 1.54) is 15.3 Å². The van der Waals surface area contributed by atoms with Crippen molar-refractivity contribution in [3.63, 3.8) is 0 Å². The minimum atomic E-state index is 0.475. The standard InChI is InChI=1S/C16H18Se2/c1-3-16(2,17-14-10-6-4-7-11-14)18-15-12-8-5-9-13-15/h4-13H,3H2,1-2H3.